The van der Waals surface area contributed by atoms with E-state index in [2.05, 4.69) is 31.4 Å². The van der Waals surface area contributed by atoms with E-state index in [1.54, 1.807) is 6.92 Å². The molecule has 0 aliphatic rings. The Morgan fingerprint density at radius 2 is 1.95 bits per heavy atom. The van der Waals surface area contributed by atoms with Crippen LogP contribution in [0.5, 0.6) is 5.75 Å². The maximum Gasteiger partial charge on any atom is 0.333 e. The molecular weight excluding hydrogens is 254 g/mol. The van der Waals surface area contributed by atoms with Gasteiger partial charge in [0.15, 0.2) is 0 Å². The van der Waals surface area contributed by atoms with Crippen LogP contribution in [0.15, 0.2) is 36.4 Å². The third kappa shape index (κ3) is 4.96. The molecular formula is C16H23NO3. The van der Waals surface area contributed by atoms with Gasteiger partial charge in [0.2, 0.25) is 0 Å². The summed E-state index contributed by atoms with van der Waals surface area (Å²) in [5, 5.41) is 0. The summed E-state index contributed by atoms with van der Waals surface area (Å²) >= 11 is 0. The SMILES string of the molecule is C=C(C)C(=O)OCCOc1cccc(N(CC)CC)c1. The van der Waals surface area contributed by atoms with Crippen LogP contribution in [0.1, 0.15) is 20.8 Å². The Balaban J connectivity index is 2.46. The molecule has 0 radical (unpaired) electrons. The number of benzene rings is 1. The van der Waals surface area contributed by atoms with Gasteiger partial charge in [0.05, 0.1) is 0 Å². The summed E-state index contributed by atoms with van der Waals surface area (Å²) in [7, 11) is 0. The van der Waals surface area contributed by atoms with Crippen molar-refractivity contribution in [2.45, 2.75) is 20.8 Å². The van der Waals surface area contributed by atoms with Gasteiger partial charge in [0.25, 0.3) is 0 Å². The minimum Gasteiger partial charge on any atom is -0.490 e. The molecule has 0 amide bonds. The Labute approximate surface area is 121 Å². The van der Waals surface area contributed by atoms with E-state index in [-0.39, 0.29) is 12.6 Å². The number of carbonyl (C=O) groups excluding carboxylic acids is 1. The third-order valence-electron chi connectivity index (χ3n) is 2.88. The lowest BCUT2D eigenvalue weighted by atomic mass is 10.2. The van der Waals surface area contributed by atoms with Crippen LogP contribution in [0.4, 0.5) is 5.69 Å². The Hall–Kier alpha value is -1.97. The van der Waals surface area contributed by atoms with Crippen LogP contribution in [-0.2, 0) is 9.53 Å². The van der Waals surface area contributed by atoms with Crippen molar-refractivity contribution in [3.63, 3.8) is 0 Å². The average molecular weight is 277 g/mol. The molecule has 0 saturated heterocycles. The van der Waals surface area contributed by atoms with Gasteiger partial charge in [-0.15, -0.1) is 0 Å². The highest BCUT2D eigenvalue weighted by atomic mass is 16.6. The van der Waals surface area contributed by atoms with Gasteiger partial charge in [-0.2, -0.15) is 0 Å². The summed E-state index contributed by atoms with van der Waals surface area (Å²) in [6, 6.07) is 7.91. The van der Waals surface area contributed by atoms with E-state index >= 15 is 0 Å². The van der Waals surface area contributed by atoms with E-state index in [1.807, 2.05) is 18.2 Å². The summed E-state index contributed by atoms with van der Waals surface area (Å²) in [4.78, 5) is 13.4. The highest BCUT2D eigenvalue weighted by molar-refractivity contribution is 5.86. The first-order valence-corrected chi connectivity index (χ1v) is 6.88. The fourth-order valence-corrected chi connectivity index (χ4v) is 1.78. The molecule has 0 N–H and O–H groups in total. The molecule has 1 aromatic carbocycles. The molecule has 4 heteroatoms. The molecule has 0 fully saturated rings. The molecule has 0 aliphatic carbocycles. The van der Waals surface area contributed by atoms with Gasteiger partial charge >= 0.3 is 5.97 Å². The zero-order valence-corrected chi connectivity index (χ0v) is 12.5. The Morgan fingerprint density at radius 3 is 2.55 bits per heavy atom. The van der Waals surface area contributed by atoms with Gasteiger partial charge in [-0.25, -0.2) is 4.79 Å². The molecule has 0 bridgehead atoms. The lowest BCUT2D eigenvalue weighted by Crippen LogP contribution is -2.21. The van der Waals surface area contributed by atoms with E-state index in [0.717, 1.165) is 24.5 Å². The normalized spacial score (nSPS) is 9.95. The largest absolute Gasteiger partial charge is 0.490 e. The predicted octanol–water partition coefficient (Wildman–Crippen LogP) is 3.03. The van der Waals surface area contributed by atoms with Crippen LogP contribution >= 0.6 is 0 Å². The quantitative estimate of drug-likeness (QED) is 0.416. The molecule has 0 aromatic heterocycles. The van der Waals surface area contributed by atoms with Crippen LogP contribution in [-0.4, -0.2) is 32.3 Å². The number of rotatable bonds is 8. The zero-order chi connectivity index (χ0) is 15.0. The molecule has 0 aliphatic heterocycles. The van der Waals surface area contributed by atoms with Crippen LogP contribution in [0, 0.1) is 0 Å². The second-order valence-corrected chi connectivity index (χ2v) is 4.43. The number of hydrogen-bond donors (Lipinski definition) is 0. The van der Waals surface area contributed by atoms with Crippen LogP contribution < -0.4 is 9.64 Å². The predicted molar refractivity (Wildman–Crippen MR) is 81.3 cm³/mol. The number of hydrogen-bond acceptors (Lipinski definition) is 4. The summed E-state index contributed by atoms with van der Waals surface area (Å²) < 4.78 is 10.6. The fourth-order valence-electron chi connectivity index (χ4n) is 1.78. The molecule has 1 rings (SSSR count). The lowest BCUT2D eigenvalue weighted by molar-refractivity contribution is -0.139. The maximum atomic E-state index is 11.2. The third-order valence-corrected chi connectivity index (χ3v) is 2.88. The monoisotopic (exact) mass is 277 g/mol. The molecule has 0 unspecified atom stereocenters. The van der Waals surface area contributed by atoms with Gasteiger partial charge < -0.3 is 14.4 Å². The maximum absolute atomic E-state index is 11.2. The smallest absolute Gasteiger partial charge is 0.333 e. The lowest BCUT2D eigenvalue weighted by Gasteiger charge is -2.21. The van der Waals surface area contributed by atoms with Gasteiger partial charge in [-0.1, -0.05) is 12.6 Å². The minimum atomic E-state index is -0.384. The molecule has 110 valence electrons. The average Bonchev–Trinajstić information content (AvgIpc) is 2.45. The number of nitrogens with zero attached hydrogens (tertiary/aromatic N) is 1. The second-order valence-electron chi connectivity index (χ2n) is 4.43. The Kier molecular flexibility index (Phi) is 6.64. The topological polar surface area (TPSA) is 38.8 Å². The highest BCUT2D eigenvalue weighted by Crippen LogP contribution is 2.20. The van der Waals surface area contributed by atoms with E-state index in [1.165, 1.54) is 0 Å². The molecule has 4 nitrogen and oxygen atoms in total. The fraction of sp³-hybridized carbons (Fsp3) is 0.438. The van der Waals surface area contributed by atoms with E-state index in [0.29, 0.717) is 12.2 Å². The number of anilines is 1. The van der Waals surface area contributed by atoms with Crippen LogP contribution in [0.3, 0.4) is 0 Å². The number of carbonyl (C=O) groups is 1. The van der Waals surface area contributed by atoms with Gasteiger partial charge in [0.1, 0.15) is 19.0 Å². The van der Waals surface area contributed by atoms with Crippen molar-refractivity contribution in [3.8, 4) is 5.75 Å². The number of esters is 1. The van der Waals surface area contributed by atoms with E-state index < -0.39 is 0 Å². The Morgan fingerprint density at radius 1 is 1.25 bits per heavy atom. The molecule has 0 spiro atoms. The van der Waals surface area contributed by atoms with Gasteiger partial charge in [0, 0.05) is 30.4 Å². The summed E-state index contributed by atoms with van der Waals surface area (Å²) in [6.07, 6.45) is 0. The summed E-state index contributed by atoms with van der Waals surface area (Å²) in [6.45, 7) is 11.8. The van der Waals surface area contributed by atoms with E-state index in [9.17, 15) is 4.79 Å². The van der Waals surface area contributed by atoms with Crippen molar-refractivity contribution in [2.75, 3.05) is 31.2 Å². The molecule has 0 heterocycles. The van der Waals surface area contributed by atoms with Gasteiger partial charge in [-0.3, -0.25) is 0 Å². The van der Waals surface area contributed by atoms with E-state index in [4.69, 9.17) is 9.47 Å². The Bertz CT molecular complexity index is 453. The first kappa shape index (κ1) is 16.1. The van der Waals surface area contributed by atoms with Crippen molar-refractivity contribution in [3.05, 3.63) is 36.4 Å². The zero-order valence-electron chi connectivity index (χ0n) is 12.5. The van der Waals surface area contributed by atoms with Crippen molar-refractivity contribution in [1.82, 2.24) is 0 Å². The van der Waals surface area contributed by atoms with Crippen molar-refractivity contribution < 1.29 is 14.3 Å². The molecule has 1 aromatic rings. The molecule has 0 saturated carbocycles. The van der Waals surface area contributed by atoms with Crippen molar-refractivity contribution in [2.24, 2.45) is 0 Å². The van der Waals surface area contributed by atoms with Gasteiger partial charge in [-0.05, 0) is 32.9 Å². The summed E-state index contributed by atoms with van der Waals surface area (Å²) in [5.41, 5.74) is 1.53. The first-order chi connectivity index (χ1) is 9.58. The second kappa shape index (κ2) is 8.25. The molecule has 0 atom stereocenters. The first-order valence-electron chi connectivity index (χ1n) is 6.88. The highest BCUT2D eigenvalue weighted by Gasteiger charge is 2.04. The van der Waals surface area contributed by atoms with Crippen molar-refractivity contribution in [1.29, 1.82) is 0 Å². The van der Waals surface area contributed by atoms with Crippen LogP contribution in [0.2, 0.25) is 0 Å². The number of ether oxygens (including phenoxy) is 2. The minimum absolute atomic E-state index is 0.223. The standard InChI is InChI=1S/C16H23NO3/c1-5-17(6-2)14-8-7-9-15(12-14)19-10-11-20-16(18)13(3)4/h7-9,12H,3,5-6,10-11H2,1-2,4H3. The van der Waals surface area contributed by atoms with Crippen LogP contribution in [0.25, 0.3) is 0 Å². The molecule has 20 heavy (non-hydrogen) atoms. The van der Waals surface area contributed by atoms with Crippen molar-refractivity contribution >= 4 is 11.7 Å². The summed E-state index contributed by atoms with van der Waals surface area (Å²) in [5.74, 6) is 0.395.